The van der Waals surface area contributed by atoms with E-state index in [0.717, 1.165) is 15.8 Å². The molecule has 3 nitrogen and oxygen atoms in total. The number of hydrogen-bond donors (Lipinski definition) is 1. The van der Waals surface area contributed by atoms with Gasteiger partial charge in [0.1, 0.15) is 11.5 Å². The maximum Gasteiger partial charge on any atom is 0.272 e. The van der Waals surface area contributed by atoms with Crippen molar-refractivity contribution in [2.24, 2.45) is 0 Å². The third-order valence-electron chi connectivity index (χ3n) is 4.09. The molecule has 130 valence electrons. The monoisotopic (exact) mass is 384 g/mol. The maximum absolute atomic E-state index is 13.5. The van der Waals surface area contributed by atoms with E-state index < -0.39 is 0 Å². The van der Waals surface area contributed by atoms with E-state index in [-0.39, 0.29) is 11.7 Å². The van der Waals surface area contributed by atoms with Crippen LogP contribution in [0.2, 0.25) is 5.02 Å². The molecule has 2 heterocycles. The molecule has 0 spiro atoms. The van der Waals surface area contributed by atoms with Crippen LogP contribution in [0.5, 0.6) is 0 Å². The highest BCUT2D eigenvalue weighted by Crippen LogP contribution is 2.27. The molecule has 4 aromatic rings. The van der Waals surface area contributed by atoms with Gasteiger partial charge in [-0.15, -0.1) is 11.3 Å². The van der Waals surface area contributed by atoms with Gasteiger partial charge in [0.2, 0.25) is 0 Å². The number of aromatic nitrogens is 1. The number of anilines is 1. The van der Waals surface area contributed by atoms with Crippen LogP contribution in [0, 0.1) is 5.82 Å². The minimum absolute atomic E-state index is 0.216. The Balaban J connectivity index is 1.69. The number of thiophene rings is 1. The minimum atomic E-state index is -0.289. The number of rotatable bonds is 4. The molecule has 0 aliphatic carbocycles. The highest BCUT2D eigenvalue weighted by atomic mass is 35.5. The molecule has 6 heteroatoms. The van der Waals surface area contributed by atoms with Gasteiger partial charge < -0.3 is 9.88 Å². The first kappa shape index (κ1) is 16.8. The average Bonchev–Trinajstić information content (AvgIpc) is 3.20. The summed E-state index contributed by atoms with van der Waals surface area (Å²) in [5, 5.41) is 5.47. The topological polar surface area (TPSA) is 34.0 Å². The second kappa shape index (κ2) is 6.94. The molecule has 2 aromatic heterocycles. The van der Waals surface area contributed by atoms with Gasteiger partial charge in [-0.1, -0.05) is 23.7 Å². The molecule has 0 saturated carbocycles. The number of nitrogens with zero attached hydrogens (tertiary/aromatic N) is 1. The van der Waals surface area contributed by atoms with E-state index in [9.17, 15) is 9.18 Å². The maximum atomic E-state index is 13.5. The Morgan fingerprint density at radius 2 is 1.92 bits per heavy atom. The summed E-state index contributed by atoms with van der Waals surface area (Å²) in [6, 6.07) is 17.2. The number of carbonyl (C=O) groups excluding carboxylic acids is 1. The zero-order valence-electron chi connectivity index (χ0n) is 13.6. The van der Waals surface area contributed by atoms with Crippen LogP contribution in [-0.4, -0.2) is 10.5 Å². The Bertz CT molecular complexity index is 1080. The molecule has 1 amide bonds. The quantitative estimate of drug-likeness (QED) is 0.474. The van der Waals surface area contributed by atoms with Gasteiger partial charge in [-0.3, -0.25) is 4.79 Å². The summed E-state index contributed by atoms with van der Waals surface area (Å²) < 4.78 is 16.5. The Kier molecular flexibility index (Phi) is 4.49. The molecule has 1 N–H and O–H groups in total. The molecule has 0 unspecified atom stereocenters. The number of carbonyl (C=O) groups is 1. The number of halogens is 2. The van der Waals surface area contributed by atoms with Gasteiger partial charge in [-0.2, -0.15) is 0 Å². The lowest BCUT2D eigenvalue weighted by molar-refractivity contribution is 0.101. The van der Waals surface area contributed by atoms with Gasteiger partial charge >= 0.3 is 0 Å². The van der Waals surface area contributed by atoms with Crippen molar-refractivity contribution in [1.29, 1.82) is 0 Å². The van der Waals surface area contributed by atoms with Crippen LogP contribution in [0.1, 0.15) is 16.1 Å². The van der Waals surface area contributed by atoms with Gasteiger partial charge in [-0.05, 0) is 59.5 Å². The normalized spacial score (nSPS) is 11.0. The summed E-state index contributed by atoms with van der Waals surface area (Å²) in [6.45, 7) is 0.418. The van der Waals surface area contributed by atoms with Crippen molar-refractivity contribution in [1.82, 2.24) is 4.57 Å². The Hall–Kier alpha value is -2.63. The first-order chi connectivity index (χ1) is 12.6. The van der Waals surface area contributed by atoms with Crippen molar-refractivity contribution < 1.29 is 9.18 Å². The number of benzene rings is 2. The van der Waals surface area contributed by atoms with Crippen molar-refractivity contribution >= 4 is 44.7 Å². The predicted molar refractivity (Wildman–Crippen MR) is 105 cm³/mol. The molecule has 0 aliphatic heterocycles. The van der Waals surface area contributed by atoms with Gasteiger partial charge in [0.15, 0.2) is 0 Å². The predicted octanol–water partition coefficient (Wildman–Crippen LogP) is 5.80. The molecule has 0 fully saturated rings. The Morgan fingerprint density at radius 1 is 1.12 bits per heavy atom. The van der Waals surface area contributed by atoms with Crippen LogP contribution < -0.4 is 5.32 Å². The first-order valence-electron chi connectivity index (χ1n) is 7.98. The standard InChI is InChI=1S/C20H14ClFN2OS/c21-14-4-6-16(7-5-14)23-20(25)18-11-19-17(8-9-26-19)24(18)12-13-2-1-3-15(22)10-13/h1-11H,12H2,(H,23,25). The number of amides is 1. The molecule has 0 bridgehead atoms. The molecule has 2 aromatic carbocycles. The molecule has 4 rings (SSSR count). The summed E-state index contributed by atoms with van der Waals surface area (Å²) >= 11 is 7.46. The minimum Gasteiger partial charge on any atom is -0.331 e. The van der Waals surface area contributed by atoms with E-state index in [0.29, 0.717) is 22.9 Å². The third-order valence-corrected chi connectivity index (χ3v) is 5.19. The van der Waals surface area contributed by atoms with Crippen LogP contribution >= 0.6 is 22.9 Å². The average molecular weight is 385 g/mol. The molecule has 0 radical (unpaired) electrons. The SMILES string of the molecule is O=C(Nc1ccc(Cl)cc1)c1cc2sccc2n1Cc1cccc(F)c1. The Morgan fingerprint density at radius 3 is 2.69 bits per heavy atom. The van der Waals surface area contributed by atoms with E-state index in [1.54, 1.807) is 41.7 Å². The number of fused-ring (bicyclic) bond motifs is 1. The largest absolute Gasteiger partial charge is 0.331 e. The van der Waals surface area contributed by atoms with Gasteiger partial charge in [0, 0.05) is 17.3 Å². The fourth-order valence-corrected chi connectivity index (χ4v) is 3.83. The summed E-state index contributed by atoms with van der Waals surface area (Å²) in [6.07, 6.45) is 0. The summed E-state index contributed by atoms with van der Waals surface area (Å²) in [5.41, 5.74) is 2.96. The summed E-state index contributed by atoms with van der Waals surface area (Å²) in [5.74, 6) is -0.504. The lowest BCUT2D eigenvalue weighted by Crippen LogP contribution is -2.17. The van der Waals surface area contributed by atoms with Crippen LogP contribution in [0.3, 0.4) is 0 Å². The fraction of sp³-hybridized carbons (Fsp3) is 0.0500. The van der Waals surface area contributed by atoms with Crippen LogP contribution in [-0.2, 0) is 6.54 Å². The lowest BCUT2D eigenvalue weighted by Gasteiger charge is -2.11. The second-order valence-electron chi connectivity index (χ2n) is 5.88. The van der Waals surface area contributed by atoms with E-state index in [4.69, 9.17) is 11.6 Å². The smallest absolute Gasteiger partial charge is 0.272 e. The molecular formula is C20H14ClFN2OS. The molecular weight excluding hydrogens is 371 g/mol. The summed E-state index contributed by atoms with van der Waals surface area (Å²) in [4.78, 5) is 12.8. The van der Waals surface area contributed by atoms with Crippen molar-refractivity contribution in [2.45, 2.75) is 6.54 Å². The van der Waals surface area contributed by atoms with Crippen molar-refractivity contribution in [3.05, 3.63) is 88.1 Å². The van der Waals surface area contributed by atoms with E-state index in [1.165, 1.54) is 12.1 Å². The van der Waals surface area contributed by atoms with E-state index in [2.05, 4.69) is 5.32 Å². The molecule has 0 atom stereocenters. The molecule has 0 aliphatic rings. The fourth-order valence-electron chi connectivity index (χ4n) is 2.88. The number of nitrogens with one attached hydrogen (secondary N) is 1. The van der Waals surface area contributed by atoms with Gasteiger partial charge in [-0.25, -0.2) is 4.39 Å². The molecule has 0 saturated heterocycles. The zero-order chi connectivity index (χ0) is 18.1. The van der Waals surface area contributed by atoms with E-state index in [1.807, 2.05) is 28.1 Å². The van der Waals surface area contributed by atoms with Crippen LogP contribution in [0.25, 0.3) is 10.2 Å². The summed E-state index contributed by atoms with van der Waals surface area (Å²) in [7, 11) is 0. The zero-order valence-corrected chi connectivity index (χ0v) is 15.2. The Labute approximate surface area is 158 Å². The second-order valence-corrected chi connectivity index (χ2v) is 7.26. The van der Waals surface area contributed by atoms with Gasteiger partial charge in [0.25, 0.3) is 5.91 Å². The highest BCUT2D eigenvalue weighted by molar-refractivity contribution is 7.17. The first-order valence-corrected chi connectivity index (χ1v) is 9.24. The third kappa shape index (κ3) is 3.36. The number of hydrogen-bond acceptors (Lipinski definition) is 2. The van der Waals surface area contributed by atoms with Crippen molar-refractivity contribution in [3.8, 4) is 0 Å². The van der Waals surface area contributed by atoms with Crippen molar-refractivity contribution in [3.63, 3.8) is 0 Å². The lowest BCUT2D eigenvalue weighted by atomic mass is 10.2. The molecule has 26 heavy (non-hydrogen) atoms. The van der Waals surface area contributed by atoms with Crippen LogP contribution in [0.4, 0.5) is 10.1 Å². The highest BCUT2D eigenvalue weighted by Gasteiger charge is 2.17. The van der Waals surface area contributed by atoms with Crippen LogP contribution in [0.15, 0.2) is 66.0 Å². The van der Waals surface area contributed by atoms with E-state index >= 15 is 0 Å². The van der Waals surface area contributed by atoms with Crippen molar-refractivity contribution in [2.75, 3.05) is 5.32 Å². The van der Waals surface area contributed by atoms with Gasteiger partial charge in [0.05, 0.1) is 10.2 Å².